The minimum Gasteiger partial charge on any atom is -0.369 e. The normalized spacial score (nSPS) is 24.8. The molecule has 2 unspecified atom stereocenters. The van der Waals surface area contributed by atoms with E-state index in [-0.39, 0.29) is 6.03 Å². The lowest BCUT2D eigenvalue weighted by molar-refractivity contribution is 0.131. The second kappa shape index (κ2) is 10.8. The van der Waals surface area contributed by atoms with Gasteiger partial charge in [-0.2, -0.15) is 10.1 Å². The second-order valence-corrected chi connectivity index (χ2v) is 10.9. The van der Waals surface area contributed by atoms with Crippen molar-refractivity contribution in [2.45, 2.75) is 70.0 Å². The van der Waals surface area contributed by atoms with Crippen LogP contribution in [-0.4, -0.2) is 92.8 Å². The van der Waals surface area contributed by atoms with Gasteiger partial charge in [0.1, 0.15) is 10.8 Å². The first-order valence-corrected chi connectivity index (χ1v) is 13.6. The van der Waals surface area contributed by atoms with Gasteiger partial charge in [0.15, 0.2) is 0 Å². The van der Waals surface area contributed by atoms with Crippen molar-refractivity contribution in [3.05, 3.63) is 23.1 Å². The van der Waals surface area contributed by atoms with Crippen LogP contribution in [0.3, 0.4) is 0 Å². The van der Waals surface area contributed by atoms with Crippen molar-refractivity contribution in [3.8, 4) is 0 Å². The van der Waals surface area contributed by atoms with Crippen molar-refractivity contribution >= 4 is 35.1 Å². The van der Waals surface area contributed by atoms with E-state index < -0.39 is 0 Å². The smallest absolute Gasteiger partial charge is 0.319 e. The van der Waals surface area contributed by atoms with Crippen LogP contribution >= 0.6 is 11.6 Å². The summed E-state index contributed by atoms with van der Waals surface area (Å²) in [6.07, 6.45) is 11.5. The number of nitrogens with zero attached hydrogens (tertiary/aromatic N) is 7. The summed E-state index contributed by atoms with van der Waals surface area (Å²) in [6, 6.07) is 1.89. The quantitative estimate of drug-likeness (QED) is 0.510. The third kappa shape index (κ3) is 5.39. The number of hydrogen-bond acceptors (Lipinski definition) is 7. The molecule has 2 amide bonds. The van der Waals surface area contributed by atoms with Crippen molar-refractivity contribution in [1.82, 2.24) is 34.4 Å². The summed E-state index contributed by atoms with van der Waals surface area (Å²) in [4.78, 5) is 27.7. The third-order valence-corrected chi connectivity index (χ3v) is 8.30. The van der Waals surface area contributed by atoms with Crippen LogP contribution in [0.5, 0.6) is 0 Å². The van der Waals surface area contributed by atoms with E-state index in [4.69, 9.17) is 16.7 Å². The number of anilines is 3. The van der Waals surface area contributed by atoms with Crippen LogP contribution < -0.4 is 10.6 Å². The fourth-order valence-electron chi connectivity index (χ4n) is 5.83. The van der Waals surface area contributed by atoms with Gasteiger partial charge in [0.25, 0.3) is 0 Å². The third-order valence-electron chi connectivity index (χ3n) is 8.02. The van der Waals surface area contributed by atoms with Crippen LogP contribution in [0.25, 0.3) is 0 Å². The summed E-state index contributed by atoms with van der Waals surface area (Å²) in [7, 11) is 4.13. The lowest BCUT2D eigenvalue weighted by atomic mass is 9.98. The summed E-state index contributed by atoms with van der Waals surface area (Å²) in [5.74, 6) is 1.07. The van der Waals surface area contributed by atoms with E-state index in [2.05, 4.69) is 43.4 Å². The molecule has 0 aromatic carbocycles. The van der Waals surface area contributed by atoms with Crippen molar-refractivity contribution in [2.75, 3.05) is 50.9 Å². The summed E-state index contributed by atoms with van der Waals surface area (Å²) in [5.41, 5.74) is 1.85. The number of urea groups is 1. The molecule has 2 atom stereocenters. The number of aryl methyl sites for hydroxylation is 1. The summed E-state index contributed by atoms with van der Waals surface area (Å²) >= 11 is 6.37. The highest BCUT2D eigenvalue weighted by molar-refractivity contribution is 6.32. The first kappa shape index (κ1) is 25.1. The molecule has 3 saturated heterocycles. The molecule has 0 spiro atoms. The van der Waals surface area contributed by atoms with Gasteiger partial charge in [-0.05, 0) is 58.9 Å². The van der Waals surface area contributed by atoms with Gasteiger partial charge in [0.05, 0.1) is 23.6 Å². The van der Waals surface area contributed by atoms with Crippen LogP contribution in [0.1, 0.15) is 56.7 Å². The van der Waals surface area contributed by atoms with E-state index in [1.807, 2.05) is 18.9 Å². The monoisotopic (exact) mass is 515 g/mol. The predicted molar refractivity (Wildman–Crippen MR) is 142 cm³/mol. The Bertz CT molecular complexity index is 1060. The number of rotatable bonds is 8. The zero-order valence-electron chi connectivity index (χ0n) is 21.6. The molecule has 11 heteroatoms. The number of aromatic nitrogens is 4. The Morgan fingerprint density at radius 1 is 1.11 bits per heavy atom. The fourth-order valence-corrected chi connectivity index (χ4v) is 5.99. The van der Waals surface area contributed by atoms with E-state index in [0.717, 1.165) is 56.6 Å². The molecule has 3 fully saturated rings. The highest BCUT2D eigenvalue weighted by atomic mass is 35.5. The first-order chi connectivity index (χ1) is 17.4. The number of nitrogens with one attached hydrogen (secondary N) is 2. The minimum atomic E-state index is 0.114. The minimum absolute atomic E-state index is 0.114. The number of carbonyl (C=O) groups is 1. The molecule has 2 aromatic heterocycles. The molecule has 0 aliphatic carbocycles. The number of hydrogen-bond donors (Lipinski definition) is 2. The zero-order valence-corrected chi connectivity index (χ0v) is 22.3. The van der Waals surface area contributed by atoms with Crippen LogP contribution in [0.4, 0.5) is 22.2 Å². The van der Waals surface area contributed by atoms with Crippen molar-refractivity contribution < 1.29 is 4.79 Å². The molecule has 0 saturated carbocycles. The Kier molecular flexibility index (Phi) is 7.52. The van der Waals surface area contributed by atoms with E-state index in [0.29, 0.717) is 48.0 Å². The molecule has 36 heavy (non-hydrogen) atoms. The van der Waals surface area contributed by atoms with Gasteiger partial charge in [-0.25, -0.2) is 9.78 Å². The van der Waals surface area contributed by atoms with Gasteiger partial charge < -0.3 is 25.3 Å². The van der Waals surface area contributed by atoms with Gasteiger partial charge in [-0.3, -0.25) is 4.68 Å². The average Bonchev–Trinajstić information content (AvgIpc) is 3.23. The van der Waals surface area contributed by atoms with Crippen LogP contribution in [0, 0.1) is 6.92 Å². The molecule has 2 aromatic rings. The standard InChI is InChI=1S/C25H38ClN9O/c1-17-22(16-35(31-17)20-13-18-7-8-19(14-20)33(18)3)29-24-28-15-21(26)23(30-24)27-9-6-12-34-11-5-4-10-32(2)25(34)36/h15-16,18-20H,4-14H2,1-3H3,(H2,27,28,29,30). The lowest BCUT2D eigenvalue weighted by Gasteiger charge is -2.36. The molecule has 3 aliphatic rings. The summed E-state index contributed by atoms with van der Waals surface area (Å²) in [5, 5.41) is 11.9. The molecular weight excluding hydrogens is 478 g/mol. The number of carbonyl (C=O) groups excluding carboxylic acids is 1. The molecule has 5 heterocycles. The molecule has 2 N–H and O–H groups in total. The Morgan fingerprint density at radius 3 is 2.64 bits per heavy atom. The van der Waals surface area contributed by atoms with E-state index in [1.54, 1.807) is 11.1 Å². The average molecular weight is 516 g/mol. The predicted octanol–water partition coefficient (Wildman–Crippen LogP) is 4.13. The van der Waals surface area contributed by atoms with E-state index >= 15 is 0 Å². The maximum absolute atomic E-state index is 12.4. The molecule has 2 bridgehead atoms. The van der Waals surface area contributed by atoms with Gasteiger partial charge >= 0.3 is 6.03 Å². The molecule has 10 nitrogen and oxygen atoms in total. The molecule has 196 valence electrons. The molecular formula is C25H38ClN9O. The van der Waals surface area contributed by atoms with Crippen LogP contribution in [0.15, 0.2) is 12.4 Å². The maximum atomic E-state index is 12.4. The van der Waals surface area contributed by atoms with Gasteiger partial charge in [0.2, 0.25) is 5.95 Å². The molecule has 3 aliphatic heterocycles. The highest BCUT2D eigenvalue weighted by Gasteiger charge is 2.39. The largest absolute Gasteiger partial charge is 0.369 e. The van der Waals surface area contributed by atoms with Crippen LogP contribution in [-0.2, 0) is 0 Å². The number of halogens is 1. The first-order valence-electron chi connectivity index (χ1n) is 13.2. The lowest BCUT2D eigenvalue weighted by Crippen LogP contribution is -2.40. The van der Waals surface area contributed by atoms with E-state index in [1.165, 1.54) is 12.8 Å². The van der Waals surface area contributed by atoms with Gasteiger partial charge in [0, 0.05) is 51.5 Å². The summed E-state index contributed by atoms with van der Waals surface area (Å²) < 4.78 is 2.13. The van der Waals surface area contributed by atoms with Crippen molar-refractivity contribution in [2.24, 2.45) is 0 Å². The Hall–Kier alpha value is -2.59. The molecule has 0 radical (unpaired) electrons. The van der Waals surface area contributed by atoms with Gasteiger partial charge in [-0.1, -0.05) is 11.6 Å². The Morgan fingerprint density at radius 2 is 1.86 bits per heavy atom. The second-order valence-electron chi connectivity index (χ2n) is 10.5. The number of amides is 2. The highest BCUT2D eigenvalue weighted by Crippen LogP contribution is 2.40. The van der Waals surface area contributed by atoms with Gasteiger partial charge in [-0.15, -0.1) is 0 Å². The zero-order chi connectivity index (χ0) is 25.2. The Balaban J connectivity index is 1.17. The molecule has 5 rings (SSSR count). The van der Waals surface area contributed by atoms with Crippen molar-refractivity contribution in [3.63, 3.8) is 0 Å². The maximum Gasteiger partial charge on any atom is 0.319 e. The fraction of sp³-hybridized carbons (Fsp3) is 0.680. The van der Waals surface area contributed by atoms with E-state index in [9.17, 15) is 4.79 Å². The van der Waals surface area contributed by atoms with Crippen LogP contribution in [0.2, 0.25) is 5.02 Å². The topological polar surface area (TPSA) is 94.5 Å². The SMILES string of the molecule is Cc1nn(C2CC3CCC(C2)N3C)cc1Nc1ncc(Cl)c(NCCCN2CCCCN(C)C2=O)n1. The summed E-state index contributed by atoms with van der Waals surface area (Å²) in [6.45, 7) is 5.04. The number of fused-ring (bicyclic) bond motifs is 2. The van der Waals surface area contributed by atoms with Crippen molar-refractivity contribution in [1.29, 1.82) is 0 Å². The Labute approximate surface area is 218 Å². The number of piperidine rings is 1.